The van der Waals surface area contributed by atoms with Crippen LogP contribution in [-0.4, -0.2) is 22.9 Å². The lowest BCUT2D eigenvalue weighted by Crippen LogP contribution is -2.18. The predicted octanol–water partition coefficient (Wildman–Crippen LogP) is 3.07. The molecule has 5 atom stereocenters. The van der Waals surface area contributed by atoms with Crippen molar-refractivity contribution in [2.75, 3.05) is 6.61 Å². The molecule has 2 nitrogen and oxygen atoms in total. The Morgan fingerprint density at radius 2 is 1.19 bits per heavy atom. The lowest BCUT2D eigenvalue weighted by Gasteiger charge is -2.23. The standard InChI is InChI=1S/C14H30O2/c1-10(7-12(3)9-15)6-11(2)8-13(4)14(5)16/h10-16H,6-9H2,1-5H3. The molecule has 98 valence electrons. The minimum atomic E-state index is -0.200. The molecule has 2 heteroatoms. The smallest absolute Gasteiger partial charge is 0.0537 e. The summed E-state index contributed by atoms with van der Waals surface area (Å²) < 4.78 is 0. The van der Waals surface area contributed by atoms with Gasteiger partial charge in [-0.1, -0.05) is 27.7 Å². The van der Waals surface area contributed by atoms with E-state index in [1.165, 1.54) is 6.42 Å². The zero-order valence-electron chi connectivity index (χ0n) is 11.6. The third-order valence-corrected chi connectivity index (χ3v) is 3.52. The first kappa shape index (κ1) is 15.9. The van der Waals surface area contributed by atoms with Gasteiger partial charge in [-0.3, -0.25) is 0 Å². The van der Waals surface area contributed by atoms with Crippen LogP contribution in [0.2, 0.25) is 0 Å². The Morgan fingerprint density at radius 1 is 0.750 bits per heavy atom. The van der Waals surface area contributed by atoms with E-state index in [-0.39, 0.29) is 6.10 Å². The van der Waals surface area contributed by atoms with Crippen LogP contribution in [0, 0.1) is 23.7 Å². The predicted molar refractivity (Wildman–Crippen MR) is 69.3 cm³/mol. The van der Waals surface area contributed by atoms with Gasteiger partial charge in [0.05, 0.1) is 6.10 Å². The molecule has 2 N–H and O–H groups in total. The van der Waals surface area contributed by atoms with Gasteiger partial charge in [0, 0.05) is 6.61 Å². The number of hydrogen-bond acceptors (Lipinski definition) is 2. The fraction of sp³-hybridized carbons (Fsp3) is 1.00. The van der Waals surface area contributed by atoms with Gasteiger partial charge in [-0.2, -0.15) is 0 Å². The highest BCUT2D eigenvalue weighted by molar-refractivity contribution is 4.67. The maximum atomic E-state index is 9.45. The zero-order chi connectivity index (χ0) is 12.7. The largest absolute Gasteiger partial charge is 0.396 e. The van der Waals surface area contributed by atoms with Gasteiger partial charge < -0.3 is 10.2 Å². The Bertz CT molecular complexity index is 168. The molecule has 0 saturated carbocycles. The first-order valence-corrected chi connectivity index (χ1v) is 6.65. The summed E-state index contributed by atoms with van der Waals surface area (Å²) in [7, 11) is 0. The topological polar surface area (TPSA) is 40.5 Å². The zero-order valence-corrected chi connectivity index (χ0v) is 11.6. The van der Waals surface area contributed by atoms with E-state index >= 15 is 0 Å². The van der Waals surface area contributed by atoms with Crippen LogP contribution in [0.1, 0.15) is 53.9 Å². The van der Waals surface area contributed by atoms with E-state index in [0.717, 1.165) is 12.8 Å². The van der Waals surface area contributed by atoms with Gasteiger partial charge in [0.1, 0.15) is 0 Å². The third kappa shape index (κ3) is 7.24. The molecule has 0 heterocycles. The number of aliphatic hydroxyl groups excluding tert-OH is 2. The number of rotatable bonds is 8. The van der Waals surface area contributed by atoms with E-state index in [0.29, 0.717) is 30.3 Å². The highest BCUT2D eigenvalue weighted by atomic mass is 16.3. The number of hydrogen-bond donors (Lipinski definition) is 2. The van der Waals surface area contributed by atoms with Gasteiger partial charge in [-0.05, 0) is 49.9 Å². The summed E-state index contributed by atoms with van der Waals surface area (Å²) in [5.74, 6) is 2.12. The van der Waals surface area contributed by atoms with Crippen LogP contribution >= 0.6 is 0 Å². The van der Waals surface area contributed by atoms with Crippen molar-refractivity contribution in [2.45, 2.75) is 60.0 Å². The van der Waals surface area contributed by atoms with Gasteiger partial charge in [0.2, 0.25) is 0 Å². The lowest BCUT2D eigenvalue weighted by molar-refractivity contribution is 0.116. The SMILES string of the molecule is CC(CO)CC(C)CC(C)CC(C)C(C)O. The van der Waals surface area contributed by atoms with Crippen molar-refractivity contribution in [3.05, 3.63) is 0 Å². The van der Waals surface area contributed by atoms with Crippen LogP contribution in [0.15, 0.2) is 0 Å². The van der Waals surface area contributed by atoms with Gasteiger partial charge in [0.25, 0.3) is 0 Å². The molecule has 0 aromatic heterocycles. The first-order valence-electron chi connectivity index (χ1n) is 6.65. The Balaban J connectivity index is 3.81. The lowest BCUT2D eigenvalue weighted by atomic mass is 9.84. The summed E-state index contributed by atoms with van der Waals surface area (Å²) in [4.78, 5) is 0. The second kappa shape index (κ2) is 8.08. The average Bonchev–Trinajstić information content (AvgIpc) is 2.16. The van der Waals surface area contributed by atoms with Crippen LogP contribution in [0.4, 0.5) is 0 Å². The maximum absolute atomic E-state index is 9.45. The van der Waals surface area contributed by atoms with Gasteiger partial charge in [-0.25, -0.2) is 0 Å². The van der Waals surface area contributed by atoms with Crippen molar-refractivity contribution in [3.63, 3.8) is 0 Å². The summed E-state index contributed by atoms with van der Waals surface area (Å²) >= 11 is 0. The van der Waals surface area contributed by atoms with Crippen molar-refractivity contribution in [3.8, 4) is 0 Å². The van der Waals surface area contributed by atoms with Crippen molar-refractivity contribution in [1.82, 2.24) is 0 Å². The molecular formula is C14H30O2. The molecule has 0 radical (unpaired) electrons. The Labute approximate surface area is 101 Å². The van der Waals surface area contributed by atoms with Crippen molar-refractivity contribution < 1.29 is 10.2 Å². The minimum absolute atomic E-state index is 0.200. The van der Waals surface area contributed by atoms with Gasteiger partial charge in [-0.15, -0.1) is 0 Å². The molecule has 0 fully saturated rings. The summed E-state index contributed by atoms with van der Waals surface area (Å²) in [6, 6.07) is 0. The van der Waals surface area contributed by atoms with Gasteiger partial charge in [0.15, 0.2) is 0 Å². The van der Waals surface area contributed by atoms with E-state index in [4.69, 9.17) is 5.11 Å². The summed E-state index contributed by atoms with van der Waals surface area (Å²) in [6.45, 7) is 10.9. The maximum Gasteiger partial charge on any atom is 0.0537 e. The van der Waals surface area contributed by atoms with E-state index < -0.39 is 0 Å². The summed E-state index contributed by atoms with van der Waals surface area (Å²) in [6.07, 6.45) is 3.19. The van der Waals surface area contributed by atoms with Crippen molar-refractivity contribution in [1.29, 1.82) is 0 Å². The molecule has 5 unspecified atom stereocenters. The fourth-order valence-electron chi connectivity index (χ4n) is 2.47. The van der Waals surface area contributed by atoms with E-state index in [1.54, 1.807) is 0 Å². The van der Waals surface area contributed by atoms with Gasteiger partial charge >= 0.3 is 0 Å². The van der Waals surface area contributed by atoms with Crippen LogP contribution in [0.3, 0.4) is 0 Å². The second-order valence-electron chi connectivity index (χ2n) is 5.92. The normalized spacial score (nSPS) is 21.2. The molecule has 0 spiro atoms. The molecule has 0 amide bonds. The van der Waals surface area contributed by atoms with Crippen LogP contribution in [0.25, 0.3) is 0 Å². The quantitative estimate of drug-likeness (QED) is 0.673. The van der Waals surface area contributed by atoms with E-state index in [1.807, 2.05) is 6.92 Å². The van der Waals surface area contributed by atoms with E-state index in [2.05, 4.69) is 27.7 Å². The Hall–Kier alpha value is -0.0800. The fourth-order valence-corrected chi connectivity index (χ4v) is 2.47. The molecule has 16 heavy (non-hydrogen) atoms. The second-order valence-corrected chi connectivity index (χ2v) is 5.92. The number of aliphatic hydroxyl groups is 2. The van der Waals surface area contributed by atoms with E-state index in [9.17, 15) is 5.11 Å². The molecule has 0 aliphatic rings. The van der Waals surface area contributed by atoms with Crippen LogP contribution in [0.5, 0.6) is 0 Å². The first-order chi connectivity index (χ1) is 7.36. The molecular weight excluding hydrogens is 200 g/mol. The average molecular weight is 230 g/mol. The molecule has 0 bridgehead atoms. The highest BCUT2D eigenvalue weighted by Crippen LogP contribution is 2.25. The monoisotopic (exact) mass is 230 g/mol. The molecule has 0 rings (SSSR count). The minimum Gasteiger partial charge on any atom is -0.396 e. The third-order valence-electron chi connectivity index (χ3n) is 3.52. The van der Waals surface area contributed by atoms with Crippen LogP contribution in [-0.2, 0) is 0 Å². The van der Waals surface area contributed by atoms with Crippen LogP contribution < -0.4 is 0 Å². The highest BCUT2D eigenvalue weighted by Gasteiger charge is 2.16. The molecule has 0 aromatic carbocycles. The Kier molecular flexibility index (Phi) is 8.04. The molecule has 0 saturated heterocycles. The van der Waals surface area contributed by atoms with Crippen molar-refractivity contribution >= 4 is 0 Å². The Morgan fingerprint density at radius 3 is 1.62 bits per heavy atom. The molecule has 0 aromatic rings. The molecule has 0 aliphatic heterocycles. The van der Waals surface area contributed by atoms with Crippen molar-refractivity contribution in [2.24, 2.45) is 23.7 Å². The molecule has 0 aliphatic carbocycles. The summed E-state index contributed by atoms with van der Waals surface area (Å²) in [5.41, 5.74) is 0. The summed E-state index contributed by atoms with van der Waals surface area (Å²) in [5, 5.41) is 18.5.